The van der Waals surface area contributed by atoms with E-state index in [-0.39, 0.29) is 29.2 Å². The summed E-state index contributed by atoms with van der Waals surface area (Å²) in [6, 6.07) is 16.7. The first kappa shape index (κ1) is 27.5. The number of rotatable bonds is 10. The number of carbonyl (C=O) groups is 1. The molecule has 0 radical (unpaired) electrons. The van der Waals surface area contributed by atoms with Crippen molar-refractivity contribution in [3.63, 3.8) is 0 Å². The van der Waals surface area contributed by atoms with Gasteiger partial charge in [-0.1, -0.05) is 41.1 Å². The van der Waals surface area contributed by atoms with E-state index in [1.54, 1.807) is 49.4 Å². The lowest BCUT2D eigenvalue weighted by Crippen LogP contribution is -2.22. The minimum Gasteiger partial charge on any atom is -0.490 e. The number of carbonyl (C=O) groups excluding carboxylic acids is 1. The van der Waals surface area contributed by atoms with Gasteiger partial charge in [0, 0.05) is 28.2 Å². The Morgan fingerprint density at radius 3 is 2.62 bits per heavy atom. The molecule has 1 N–H and O–H groups in total. The SMILES string of the molecule is CCOc1cc(C=Nn2c(CC)nc3ccc(Br)cc3c2=O)cc([N+](=O)[O-])c1OCC(=O)Nc1ccccc1. The molecule has 0 saturated carbocycles. The number of nitro benzene ring substituents is 1. The summed E-state index contributed by atoms with van der Waals surface area (Å²) in [7, 11) is 0. The molecule has 4 aromatic rings. The number of aryl methyl sites for hydroxylation is 1. The Kier molecular flexibility index (Phi) is 8.67. The summed E-state index contributed by atoms with van der Waals surface area (Å²) in [5, 5.41) is 19.3. The van der Waals surface area contributed by atoms with Crippen molar-refractivity contribution in [3.8, 4) is 11.5 Å². The van der Waals surface area contributed by atoms with Crippen molar-refractivity contribution in [1.29, 1.82) is 0 Å². The number of para-hydroxylation sites is 1. The van der Waals surface area contributed by atoms with E-state index in [1.165, 1.54) is 23.0 Å². The third-order valence-corrected chi connectivity index (χ3v) is 5.97. The number of hydrogen-bond donors (Lipinski definition) is 1. The van der Waals surface area contributed by atoms with E-state index in [9.17, 15) is 19.7 Å². The minimum absolute atomic E-state index is 0.0595. The molecule has 0 aliphatic heterocycles. The maximum absolute atomic E-state index is 13.2. The van der Waals surface area contributed by atoms with E-state index in [1.807, 2.05) is 13.0 Å². The summed E-state index contributed by atoms with van der Waals surface area (Å²) in [6.45, 7) is 3.27. The molecule has 39 heavy (non-hydrogen) atoms. The van der Waals surface area contributed by atoms with Gasteiger partial charge in [-0.25, -0.2) is 4.98 Å². The third kappa shape index (κ3) is 6.47. The van der Waals surface area contributed by atoms with Gasteiger partial charge in [-0.2, -0.15) is 9.78 Å². The lowest BCUT2D eigenvalue weighted by Gasteiger charge is -2.13. The zero-order valence-corrected chi connectivity index (χ0v) is 22.7. The Labute approximate surface area is 231 Å². The summed E-state index contributed by atoms with van der Waals surface area (Å²) in [6.07, 6.45) is 1.74. The lowest BCUT2D eigenvalue weighted by molar-refractivity contribution is -0.385. The molecule has 0 fully saturated rings. The number of aromatic nitrogens is 2. The molecular weight excluding hydrogens is 570 g/mol. The average Bonchev–Trinajstić information content (AvgIpc) is 2.92. The molecule has 4 rings (SSSR count). The first-order valence-electron chi connectivity index (χ1n) is 12.0. The van der Waals surface area contributed by atoms with Crippen molar-refractivity contribution in [3.05, 3.63) is 97.0 Å². The molecule has 0 aliphatic rings. The fourth-order valence-electron chi connectivity index (χ4n) is 3.75. The van der Waals surface area contributed by atoms with Crippen LogP contribution >= 0.6 is 15.9 Å². The van der Waals surface area contributed by atoms with Crippen LogP contribution in [-0.2, 0) is 11.2 Å². The molecule has 0 spiro atoms. The monoisotopic (exact) mass is 593 g/mol. The molecule has 3 aromatic carbocycles. The molecule has 200 valence electrons. The van der Waals surface area contributed by atoms with Crippen LogP contribution in [0.1, 0.15) is 25.2 Å². The number of hydrogen-bond acceptors (Lipinski definition) is 8. The summed E-state index contributed by atoms with van der Waals surface area (Å²) < 4.78 is 13.0. The van der Waals surface area contributed by atoms with E-state index >= 15 is 0 Å². The predicted octanol–water partition coefficient (Wildman–Crippen LogP) is 4.93. The number of nitro groups is 1. The maximum Gasteiger partial charge on any atom is 0.315 e. The highest BCUT2D eigenvalue weighted by molar-refractivity contribution is 9.10. The first-order valence-corrected chi connectivity index (χ1v) is 12.8. The number of fused-ring (bicyclic) bond motifs is 1. The van der Waals surface area contributed by atoms with Crippen LogP contribution in [0, 0.1) is 10.1 Å². The van der Waals surface area contributed by atoms with Gasteiger partial charge in [0.1, 0.15) is 5.82 Å². The number of nitrogens with one attached hydrogen (secondary N) is 1. The molecule has 11 nitrogen and oxygen atoms in total. The number of halogens is 1. The molecular formula is C27H24BrN5O6. The Hall–Kier alpha value is -4.58. The Morgan fingerprint density at radius 2 is 1.92 bits per heavy atom. The average molecular weight is 594 g/mol. The molecule has 1 aromatic heterocycles. The van der Waals surface area contributed by atoms with E-state index in [4.69, 9.17) is 9.47 Å². The van der Waals surface area contributed by atoms with Crippen LogP contribution in [0.15, 0.2) is 75.0 Å². The first-order chi connectivity index (χ1) is 18.8. The zero-order valence-electron chi connectivity index (χ0n) is 21.1. The summed E-state index contributed by atoms with van der Waals surface area (Å²) in [5.74, 6) is -0.198. The summed E-state index contributed by atoms with van der Waals surface area (Å²) in [4.78, 5) is 41.3. The van der Waals surface area contributed by atoms with Crippen molar-refractivity contribution in [2.75, 3.05) is 18.5 Å². The number of ether oxygens (including phenoxy) is 2. The highest BCUT2D eigenvalue weighted by atomic mass is 79.9. The van der Waals surface area contributed by atoms with Gasteiger partial charge >= 0.3 is 5.69 Å². The quantitative estimate of drug-likeness (QED) is 0.156. The van der Waals surface area contributed by atoms with Crippen LogP contribution in [0.25, 0.3) is 10.9 Å². The van der Waals surface area contributed by atoms with Crippen LogP contribution in [0.4, 0.5) is 11.4 Å². The molecule has 0 bridgehead atoms. The smallest absolute Gasteiger partial charge is 0.315 e. The Bertz CT molecular complexity index is 1620. The van der Waals surface area contributed by atoms with Crippen molar-refractivity contribution < 1.29 is 19.2 Å². The topological polar surface area (TPSA) is 138 Å². The maximum atomic E-state index is 13.2. The Morgan fingerprint density at radius 1 is 1.15 bits per heavy atom. The van der Waals surface area contributed by atoms with E-state index < -0.39 is 23.1 Å². The standard InChI is InChI=1S/C27H24BrN5O6/c1-3-24-31-21-11-10-18(28)14-20(21)27(35)32(24)29-15-17-12-22(33(36)37)26(23(13-17)38-4-2)39-16-25(34)30-19-8-6-5-7-9-19/h5-15H,3-4,16H2,1-2H3,(H,30,34). The highest BCUT2D eigenvalue weighted by Crippen LogP contribution is 2.38. The van der Waals surface area contributed by atoms with Gasteiger partial charge in [-0.05, 0) is 43.3 Å². The van der Waals surface area contributed by atoms with Gasteiger partial charge in [0.25, 0.3) is 11.5 Å². The summed E-state index contributed by atoms with van der Waals surface area (Å²) in [5.41, 5.74) is 0.597. The van der Waals surface area contributed by atoms with Gasteiger partial charge in [0.15, 0.2) is 12.4 Å². The van der Waals surface area contributed by atoms with E-state index in [2.05, 4.69) is 31.3 Å². The van der Waals surface area contributed by atoms with Crippen molar-refractivity contribution >= 4 is 50.3 Å². The fourth-order valence-corrected chi connectivity index (χ4v) is 4.11. The van der Waals surface area contributed by atoms with Crippen molar-refractivity contribution in [2.45, 2.75) is 20.3 Å². The van der Waals surface area contributed by atoms with Gasteiger partial charge in [0.2, 0.25) is 5.75 Å². The normalized spacial score (nSPS) is 11.1. The van der Waals surface area contributed by atoms with Crippen LogP contribution < -0.4 is 20.3 Å². The second kappa shape index (κ2) is 12.3. The Balaban J connectivity index is 1.67. The van der Waals surface area contributed by atoms with E-state index in [0.717, 1.165) is 4.47 Å². The molecule has 1 amide bonds. The number of anilines is 1. The molecule has 0 saturated heterocycles. The number of amides is 1. The van der Waals surface area contributed by atoms with Crippen LogP contribution in [0.3, 0.4) is 0 Å². The van der Waals surface area contributed by atoms with Gasteiger partial charge in [-0.15, -0.1) is 0 Å². The summed E-state index contributed by atoms with van der Waals surface area (Å²) >= 11 is 3.36. The van der Waals surface area contributed by atoms with Crippen LogP contribution in [-0.4, -0.2) is 39.9 Å². The minimum atomic E-state index is -0.636. The molecule has 12 heteroatoms. The molecule has 0 unspecified atom stereocenters. The van der Waals surface area contributed by atoms with Gasteiger partial charge < -0.3 is 14.8 Å². The molecule has 1 heterocycles. The number of nitrogens with zero attached hydrogens (tertiary/aromatic N) is 4. The largest absolute Gasteiger partial charge is 0.490 e. The van der Waals surface area contributed by atoms with Gasteiger partial charge in [-0.3, -0.25) is 19.7 Å². The van der Waals surface area contributed by atoms with Crippen molar-refractivity contribution in [1.82, 2.24) is 9.66 Å². The highest BCUT2D eigenvalue weighted by Gasteiger charge is 2.23. The molecule has 0 atom stereocenters. The lowest BCUT2D eigenvalue weighted by atomic mass is 10.2. The van der Waals surface area contributed by atoms with E-state index in [0.29, 0.717) is 28.8 Å². The second-order valence-electron chi connectivity index (χ2n) is 8.16. The van der Waals surface area contributed by atoms with Crippen LogP contribution in [0.2, 0.25) is 0 Å². The number of benzene rings is 3. The predicted molar refractivity (Wildman–Crippen MR) is 151 cm³/mol. The third-order valence-electron chi connectivity index (χ3n) is 5.47. The zero-order chi connectivity index (χ0) is 27.9. The van der Waals surface area contributed by atoms with Crippen LogP contribution in [0.5, 0.6) is 11.5 Å². The van der Waals surface area contributed by atoms with Gasteiger partial charge in [0.05, 0.1) is 28.6 Å². The fraction of sp³-hybridized carbons (Fsp3) is 0.185. The van der Waals surface area contributed by atoms with Crippen molar-refractivity contribution in [2.24, 2.45) is 5.10 Å². The second-order valence-corrected chi connectivity index (χ2v) is 9.08. The molecule has 0 aliphatic carbocycles.